The van der Waals surface area contributed by atoms with Crippen LogP contribution in [0.25, 0.3) is 0 Å². The fourth-order valence-corrected chi connectivity index (χ4v) is 2.98. The lowest BCUT2D eigenvalue weighted by Crippen LogP contribution is -2.43. The molecule has 1 saturated heterocycles. The Morgan fingerprint density at radius 1 is 1.20 bits per heavy atom. The van der Waals surface area contributed by atoms with Gasteiger partial charge in [-0.3, -0.25) is 0 Å². The Hall–Kier alpha value is -0.0800. The van der Waals surface area contributed by atoms with E-state index < -0.39 is 0 Å². The van der Waals surface area contributed by atoms with Crippen LogP contribution in [-0.4, -0.2) is 26.2 Å². The lowest BCUT2D eigenvalue weighted by molar-refractivity contribution is 0.119. The number of nitrogens with one attached hydrogen (secondary N) is 2. The van der Waals surface area contributed by atoms with Gasteiger partial charge in [0.15, 0.2) is 0 Å². The average Bonchev–Trinajstić information content (AvgIpc) is 2.58. The Morgan fingerprint density at radius 2 is 2.00 bits per heavy atom. The largest absolute Gasteiger partial charge is 0.316 e. The second-order valence-corrected chi connectivity index (χ2v) is 6.05. The van der Waals surface area contributed by atoms with E-state index in [0.29, 0.717) is 10.8 Å². The zero-order valence-electron chi connectivity index (χ0n) is 10.4. The lowest BCUT2D eigenvalue weighted by Gasteiger charge is -2.42. The first-order valence-corrected chi connectivity index (χ1v) is 6.60. The van der Waals surface area contributed by atoms with Crippen LogP contribution in [0.4, 0.5) is 0 Å². The molecule has 1 aliphatic heterocycles. The van der Waals surface area contributed by atoms with Crippen LogP contribution in [0.5, 0.6) is 0 Å². The van der Waals surface area contributed by atoms with Gasteiger partial charge in [-0.25, -0.2) is 0 Å². The summed E-state index contributed by atoms with van der Waals surface area (Å²) in [5, 5.41) is 7.18. The molecule has 2 rings (SSSR count). The molecule has 1 saturated carbocycles. The van der Waals surface area contributed by atoms with Gasteiger partial charge in [0.1, 0.15) is 0 Å². The summed E-state index contributed by atoms with van der Waals surface area (Å²) in [7, 11) is 0. The van der Waals surface area contributed by atoms with E-state index >= 15 is 0 Å². The molecule has 1 atom stereocenters. The Morgan fingerprint density at radius 3 is 2.47 bits per heavy atom. The molecule has 0 spiro atoms. The maximum atomic E-state index is 3.72. The smallest absolute Gasteiger partial charge is 0.00180 e. The molecule has 0 aromatic rings. The van der Waals surface area contributed by atoms with Gasteiger partial charge in [-0.1, -0.05) is 20.3 Å². The van der Waals surface area contributed by atoms with Crippen LogP contribution >= 0.6 is 0 Å². The summed E-state index contributed by atoms with van der Waals surface area (Å²) in [6, 6.07) is 0. The number of hydrogen-bond acceptors (Lipinski definition) is 2. The van der Waals surface area contributed by atoms with Gasteiger partial charge in [0.05, 0.1) is 0 Å². The van der Waals surface area contributed by atoms with Gasteiger partial charge >= 0.3 is 0 Å². The minimum atomic E-state index is 0.513. The third-order valence-corrected chi connectivity index (χ3v) is 4.67. The summed E-state index contributed by atoms with van der Waals surface area (Å²) in [6.45, 7) is 9.59. The normalized spacial score (nSPS) is 34.0. The first-order valence-electron chi connectivity index (χ1n) is 6.60. The molecule has 0 radical (unpaired) electrons. The van der Waals surface area contributed by atoms with Crippen LogP contribution in [0.15, 0.2) is 0 Å². The molecule has 1 heterocycles. The Bertz CT molecular complexity index is 195. The summed E-state index contributed by atoms with van der Waals surface area (Å²) in [6.07, 6.45) is 7.04. The molecule has 0 aromatic carbocycles. The zero-order chi connectivity index (χ0) is 10.8. The molecule has 2 N–H and O–H groups in total. The van der Waals surface area contributed by atoms with Gasteiger partial charge in [-0.2, -0.15) is 0 Å². The van der Waals surface area contributed by atoms with Gasteiger partial charge in [0.2, 0.25) is 0 Å². The quantitative estimate of drug-likeness (QED) is 0.726. The zero-order valence-corrected chi connectivity index (χ0v) is 10.4. The molecular formula is C13H26N2. The van der Waals surface area contributed by atoms with Gasteiger partial charge in [-0.05, 0) is 43.1 Å². The highest BCUT2D eigenvalue weighted by Crippen LogP contribution is 2.43. The van der Waals surface area contributed by atoms with Crippen molar-refractivity contribution in [3.05, 3.63) is 0 Å². The van der Waals surface area contributed by atoms with Crippen LogP contribution in [0, 0.1) is 10.8 Å². The first-order chi connectivity index (χ1) is 7.18. The van der Waals surface area contributed by atoms with Crippen LogP contribution < -0.4 is 10.6 Å². The van der Waals surface area contributed by atoms with E-state index in [1.165, 1.54) is 58.3 Å². The molecule has 15 heavy (non-hydrogen) atoms. The first kappa shape index (κ1) is 11.4. The Labute approximate surface area is 94.2 Å². The maximum Gasteiger partial charge on any atom is 0.00180 e. The van der Waals surface area contributed by atoms with Gasteiger partial charge in [0, 0.05) is 19.6 Å². The van der Waals surface area contributed by atoms with E-state index in [2.05, 4.69) is 24.5 Å². The van der Waals surface area contributed by atoms with Crippen molar-refractivity contribution in [3.63, 3.8) is 0 Å². The van der Waals surface area contributed by atoms with Gasteiger partial charge < -0.3 is 10.6 Å². The SMILES string of the molecule is CCC1(CNCC2(C)CCNC2)CCC1. The van der Waals surface area contributed by atoms with Crippen molar-refractivity contribution in [2.24, 2.45) is 10.8 Å². The van der Waals surface area contributed by atoms with Crippen molar-refractivity contribution < 1.29 is 0 Å². The fraction of sp³-hybridized carbons (Fsp3) is 1.00. The molecule has 0 aromatic heterocycles. The molecule has 88 valence electrons. The molecule has 0 bridgehead atoms. The Balaban J connectivity index is 1.69. The van der Waals surface area contributed by atoms with Crippen molar-refractivity contribution in [1.82, 2.24) is 10.6 Å². The van der Waals surface area contributed by atoms with E-state index in [1.807, 2.05) is 0 Å². The summed E-state index contributed by atoms with van der Waals surface area (Å²) in [5.74, 6) is 0. The monoisotopic (exact) mass is 210 g/mol. The molecule has 2 aliphatic rings. The van der Waals surface area contributed by atoms with Crippen LogP contribution in [0.3, 0.4) is 0 Å². The highest BCUT2D eigenvalue weighted by Gasteiger charge is 2.35. The van der Waals surface area contributed by atoms with Crippen molar-refractivity contribution in [2.75, 3.05) is 26.2 Å². The molecule has 2 nitrogen and oxygen atoms in total. The third kappa shape index (κ3) is 2.54. The summed E-state index contributed by atoms with van der Waals surface area (Å²) < 4.78 is 0. The van der Waals surface area contributed by atoms with Crippen molar-refractivity contribution in [3.8, 4) is 0 Å². The highest BCUT2D eigenvalue weighted by atomic mass is 15.0. The number of hydrogen-bond donors (Lipinski definition) is 2. The van der Waals surface area contributed by atoms with Crippen LogP contribution in [-0.2, 0) is 0 Å². The van der Waals surface area contributed by atoms with E-state index in [1.54, 1.807) is 0 Å². The van der Waals surface area contributed by atoms with E-state index in [4.69, 9.17) is 0 Å². The van der Waals surface area contributed by atoms with Crippen molar-refractivity contribution in [2.45, 2.75) is 46.0 Å². The van der Waals surface area contributed by atoms with Crippen molar-refractivity contribution >= 4 is 0 Å². The second kappa shape index (κ2) is 4.42. The van der Waals surface area contributed by atoms with Gasteiger partial charge in [-0.15, -0.1) is 0 Å². The maximum absolute atomic E-state index is 3.72. The summed E-state index contributed by atoms with van der Waals surface area (Å²) in [4.78, 5) is 0. The number of rotatable bonds is 5. The van der Waals surface area contributed by atoms with E-state index in [-0.39, 0.29) is 0 Å². The van der Waals surface area contributed by atoms with Gasteiger partial charge in [0.25, 0.3) is 0 Å². The standard InChI is InChI=1S/C13H26N2/c1-3-13(5-4-6-13)11-15-10-12(2)7-8-14-9-12/h14-15H,3-11H2,1-2H3. The lowest BCUT2D eigenvalue weighted by atomic mass is 9.67. The predicted octanol–water partition coefficient (Wildman–Crippen LogP) is 2.16. The molecule has 1 unspecified atom stereocenters. The topological polar surface area (TPSA) is 24.1 Å². The molecule has 2 fully saturated rings. The van der Waals surface area contributed by atoms with E-state index in [9.17, 15) is 0 Å². The van der Waals surface area contributed by atoms with Crippen LogP contribution in [0.1, 0.15) is 46.0 Å². The summed E-state index contributed by atoms with van der Waals surface area (Å²) in [5.41, 5.74) is 1.18. The summed E-state index contributed by atoms with van der Waals surface area (Å²) >= 11 is 0. The van der Waals surface area contributed by atoms with E-state index in [0.717, 1.165) is 0 Å². The minimum absolute atomic E-state index is 0.513. The Kier molecular flexibility index (Phi) is 3.36. The fourth-order valence-electron chi connectivity index (χ4n) is 2.98. The molecule has 1 aliphatic carbocycles. The second-order valence-electron chi connectivity index (χ2n) is 6.05. The minimum Gasteiger partial charge on any atom is -0.316 e. The van der Waals surface area contributed by atoms with Crippen LogP contribution in [0.2, 0.25) is 0 Å². The molecular weight excluding hydrogens is 184 g/mol. The molecule has 0 amide bonds. The van der Waals surface area contributed by atoms with Crippen molar-refractivity contribution in [1.29, 1.82) is 0 Å². The molecule has 2 heteroatoms. The highest BCUT2D eigenvalue weighted by molar-refractivity contribution is 4.91. The third-order valence-electron chi connectivity index (χ3n) is 4.67. The predicted molar refractivity (Wildman–Crippen MR) is 65.0 cm³/mol. The average molecular weight is 210 g/mol.